The van der Waals surface area contributed by atoms with E-state index in [0.29, 0.717) is 6.54 Å². The van der Waals surface area contributed by atoms with Gasteiger partial charge in [-0.25, -0.2) is 0 Å². The van der Waals surface area contributed by atoms with Crippen LogP contribution in [0.2, 0.25) is 0 Å². The molecule has 4 nitrogen and oxygen atoms in total. The van der Waals surface area contributed by atoms with Crippen LogP contribution in [0, 0.1) is 0 Å². The van der Waals surface area contributed by atoms with Gasteiger partial charge < -0.3 is 9.64 Å². The van der Waals surface area contributed by atoms with Crippen LogP contribution >= 0.6 is 11.3 Å². The van der Waals surface area contributed by atoms with Gasteiger partial charge in [0.05, 0.1) is 6.42 Å². The number of benzene rings is 2. The lowest BCUT2D eigenvalue weighted by molar-refractivity contribution is -0.151. The molecule has 0 radical (unpaired) electrons. The Bertz CT molecular complexity index is 868. The van der Waals surface area contributed by atoms with E-state index in [2.05, 4.69) is 0 Å². The Morgan fingerprint density at radius 3 is 2.68 bits per heavy atom. The molecule has 3 aromatic rings. The van der Waals surface area contributed by atoms with Crippen LogP contribution in [0.1, 0.15) is 11.1 Å². The fourth-order valence-electron chi connectivity index (χ4n) is 2.65. The molecule has 0 aliphatic heterocycles. The first-order chi connectivity index (χ1) is 12.1. The molecule has 25 heavy (non-hydrogen) atoms. The molecule has 0 aliphatic carbocycles. The van der Waals surface area contributed by atoms with Crippen molar-refractivity contribution in [3.8, 4) is 0 Å². The summed E-state index contributed by atoms with van der Waals surface area (Å²) in [4.78, 5) is 25.8. The zero-order chi connectivity index (χ0) is 17.6. The normalized spacial score (nSPS) is 10.6. The Morgan fingerprint density at radius 2 is 1.88 bits per heavy atom. The van der Waals surface area contributed by atoms with Crippen molar-refractivity contribution in [2.75, 3.05) is 13.7 Å². The number of amides is 1. The number of hydrogen-bond donors (Lipinski definition) is 0. The lowest BCUT2D eigenvalue weighted by Crippen LogP contribution is -2.30. The highest BCUT2D eigenvalue weighted by Gasteiger charge is 2.14. The fraction of sp³-hybridized carbons (Fsp3) is 0.200. The first-order valence-corrected chi connectivity index (χ1v) is 8.95. The van der Waals surface area contributed by atoms with Gasteiger partial charge in [-0.1, -0.05) is 42.5 Å². The van der Waals surface area contributed by atoms with Gasteiger partial charge in [-0.3, -0.25) is 9.59 Å². The van der Waals surface area contributed by atoms with Gasteiger partial charge in [0.15, 0.2) is 6.61 Å². The van der Waals surface area contributed by atoms with Gasteiger partial charge in [-0.15, -0.1) is 0 Å². The van der Waals surface area contributed by atoms with Crippen molar-refractivity contribution in [2.45, 2.75) is 13.0 Å². The van der Waals surface area contributed by atoms with E-state index in [4.69, 9.17) is 4.74 Å². The molecule has 5 heteroatoms. The molecular formula is C20H19NO3S. The summed E-state index contributed by atoms with van der Waals surface area (Å²) in [6.07, 6.45) is 0.156. The Balaban J connectivity index is 1.54. The zero-order valence-corrected chi connectivity index (χ0v) is 14.8. The van der Waals surface area contributed by atoms with Crippen LogP contribution in [0.4, 0.5) is 0 Å². The third-order valence-electron chi connectivity index (χ3n) is 4.00. The van der Waals surface area contributed by atoms with E-state index < -0.39 is 5.97 Å². The lowest BCUT2D eigenvalue weighted by atomic mass is 10.0. The lowest BCUT2D eigenvalue weighted by Gasteiger charge is -2.16. The van der Waals surface area contributed by atoms with Gasteiger partial charge in [0, 0.05) is 13.6 Å². The summed E-state index contributed by atoms with van der Waals surface area (Å²) in [5, 5.41) is 6.08. The molecule has 1 amide bonds. The molecule has 1 heterocycles. The quantitative estimate of drug-likeness (QED) is 0.636. The second-order valence-electron chi connectivity index (χ2n) is 5.86. The van der Waals surface area contributed by atoms with Crippen molar-refractivity contribution in [3.63, 3.8) is 0 Å². The van der Waals surface area contributed by atoms with Crippen LogP contribution in [-0.2, 0) is 27.3 Å². The third-order valence-corrected chi connectivity index (χ3v) is 4.73. The second kappa shape index (κ2) is 7.94. The number of rotatable bonds is 6. The monoisotopic (exact) mass is 353 g/mol. The number of hydrogen-bond acceptors (Lipinski definition) is 4. The number of likely N-dealkylation sites (N-methyl/N-ethyl adjacent to an activating group) is 1. The number of ether oxygens (including phenoxy) is 1. The van der Waals surface area contributed by atoms with Crippen molar-refractivity contribution in [2.24, 2.45) is 0 Å². The van der Waals surface area contributed by atoms with E-state index in [9.17, 15) is 9.59 Å². The van der Waals surface area contributed by atoms with E-state index in [-0.39, 0.29) is 18.9 Å². The van der Waals surface area contributed by atoms with Crippen LogP contribution in [0.5, 0.6) is 0 Å². The van der Waals surface area contributed by atoms with Crippen molar-refractivity contribution < 1.29 is 14.3 Å². The van der Waals surface area contributed by atoms with Crippen LogP contribution in [-0.4, -0.2) is 30.4 Å². The molecule has 0 saturated carbocycles. The van der Waals surface area contributed by atoms with Crippen LogP contribution < -0.4 is 0 Å². The predicted octanol–water partition coefficient (Wildman–Crippen LogP) is 3.65. The van der Waals surface area contributed by atoms with Crippen LogP contribution in [0.15, 0.2) is 59.3 Å². The summed E-state index contributed by atoms with van der Waals surface area (Å²) in [6, 6.07) is 15.7. The average Bonchev–Trinajstić information content (AvgIpc) is 3.13. The number of fused-ring (bicyclic) bond motifs is 1. The van der Waals surface area contributed by atoms with Crippen molar-refractivity contribution in [1.82, 2.24) is 4.90 Å². The molecule has 0 saturated heterocycles. The highest BCUT2D eigenvalue weighted by molar-refractivity contribution is 7.07. The summed E-state index contributed by atoms with van der Waals surface area (Å²) in [5.41, 5.74) is 1.98. The molecule has 0 bridgehead atoms. The Hall–Kier alpha value is -2.66. The van der Waals surface area contributed by atoms with Crippen LogP contribution in [0.3, 0.4) is 0 Å². The summed E-state index contributed by atoms with van der Waals surface area (Å²) < 4.78 is 5.17. The third kappa shape index (κ3) is 4.45. The van der Waals surface area contributed by atoms with Gasteiger partial charge >= 0.3 is 5.97 Å². The summed E-state index contributed by atoms with van der Waals surface area (Å²) in [7, 11) is 1.71. The Labute approximate surface area is 150 Å². The van der Waals surface area contributed by atoms with Gasteiger partial charge in [0.2, 0.25) is 0 Å². The second-order valence-corrected chi connectivity index (χ2v) is 6.64. The molecule has 0 aliphatic rings. The number of carbonyl (C=O) groups is 2. The number of thiophene rings is 1. The van der Waals surface area contributed by atoms with E-state index in [1.54, 1.807) is 23.3 Å². The molecule has 0 spiro atoms. The summed E-state index contributed by atoms with van der Waals surface area (Å²) in [6.45, 7) is 0.285. The molecule has 2 aromatic carbocycles. The maximum absolute atomic E-state index is 12.1. The Morgan fingerprint density at radius 1 is 1.08 bits per heavy atom. The van der Waals surface area contributed by atoms with Crippen molar-refractivity contribution >= 4 is 34.0 Å². The SMILES string of the molecule is CN(Cc1ccsc1)C(=O)COC(=O)Cc1cccc2ccccc12. The first-order valence-electron chi connectivity index (χ1n) is 8.01. The van der Waals surface area contributed by atoms with Gasteiger partial charge in [-0.05, 0) is 38.7 Å². The van der Waals surface area contributed by atoms with E-state index in [1.165, 1.54) is 0 Å². The molecule has 0 fully saturated rings. The molecule has 0 N–H and O–H groups in total. The number of nitrogens with zero attached hydrogens (tertiary/aromatic N) is 1. The van der Waals surface area contributed by atoms with E-state index in [0.717, 1.165) is 21.9 Å². The summed E-state index contributed by atoms with van der Waals surface area (Å²) in [5.74, 6) is -0.605. The van der Waals surface area contributed by atoms with Crippen molar-refractivity contribution in [1.29, 1.82) is 0 Å². The average molecular weight is 353 g/mol. The zero-order valence-electron chi connectivity index (χ0n) is 14.0. The van der Waals surface area contributed by atoms with Gasteiger partial charge in [0.1, 0.15) is 0 Å². The maximum Gasteiger partial charge on any atom is 0.310 e. The van der Waals surface area contributed by atoms with E-state index in [1.807, 2.05) is 59.3 Å². The highest BCUT2D eigenvalue weighted by Crippen LogP contribution is 2.19. The molecule has 1 aromatic heterocycles. The van der Waals surface area contributed by atoms with E-state index >= 15 is 0 Å². The van der Waals surface area contributed by atoms with Crippen LogP contribution in [0.25, 0.3) is 10.8 Å². The summed E-state index contributed by atoms with van der Waals surface area (Å²) >= 11 is 1.59. The molecule has 128 valence electrons. The first kappa shape index (κ1) is 17.2. The Kier molecular flexibility index (Phi) is 5.46. The van der Waals surface area contributed by atoms with Crippen molar-refractivity contribution in [3.05, 3.63) is 70.4 Å². The smallest absolute Gasteiger partial charge is 0.310 e. The molecule has 3 rings (SSSR count). The van der Waals surface area contributed by atoms with Gasteiger partial charge in [-0.2, -0.15) is 11.3 Å². The molecular weight excluding hydrogens is 334 g/mol. The topological polar surface area (TPSA) is 46.6 Å². The molecule has 0 atom stereocenters. The minimum absolute atomic E-state index is 0.156. The minimum Gasteiger partial charge on any atom is -0.455 e. The number of esters is 1. The minimum atomic E-state index is -0.395. The predicted molar refractivity (Wildman–Crippen MR) is 99.4 cm³/mol. The fourth-order valence-corrected chi connectivity index (χ4v) is 3.31. The molecule has 0 unspecified atom stereocenters. The highest BCUT2D eigenvalue weighted by atomic mass is 32.1. The maximum atomic E-state index is 12.1. The largest absolute Gasteiger partial charge is 0.455 e. The number of carbonyl (C=O) groups excluding carboxylic acids is 2. The standard InChI is InChI=1S/C20H19NO3S/c1-21(12-15-9-10-25-14-15)19(22)13-24-20(23)11-17-7-4-6-16-5-2-3-8-18(16)17/h2-10,14H,11-13H2,1H3. The van der Waals surface area contributed by atoms with Gasteiger partial charge in [0.25, 0.3) is 5.91 Å².